The van der Waals surface area contributed by atoms with Crippen LogP contribution in [0.15, 0.2) is 91.0 Å². The number of rotatable bonds is 10. The maximum absolute atomic E-state index is 15.7. The summed E-state index contributed by atoms with van der Waals surface area (Å²) in [6.07, 6.45) is 0. The highest BCUT2D eigenvalue weighted by Crippen LogP contribution is 2.46. The Morgan fingerprint density at radius 2 is 1.56 bits per heavy atom. The SMILES string of the molecule is COCC(C)(C)c1c(-c2ccc(C(=O)O)cc2)c2c(OCc3ccccc3)c(F)ccc2n1Cc1ccccc1F. The van der Waals surface area contributed by atoms with Crippen LogP contribution in [0.25, 0.3) is 22.0 Å². The van der Waals surface area contributed by atoms with Gasteiger partial charge >= 0.3 is 5.97 Å². The quantitative estimate of drug-likeness (QED) is 0.191. The maximum atomic E-state index is 15.7. The van der Waals surface area contributed by atoms with Crippen molar-refractivity contribution in [2.24, 2.45) is 0 Å². The first kappa shape index (κ1) is 28.1. The van der Waals surface area contributed by atoms with Crippen LogP contribution in [0.3, 0.4) is 0 Å². The number of nitrogens with zero attached hydrogens (tertiary/aromatic N) is 1. The summed E-state index contributed by atoms with van der Waals surface area (Å²) in [5.74, 6) is -1.85. The van der Waals surface area contributed by atoms with Crippen molar-refractivity contribution in [3.05, 3.63) is 125 Å². The highest BCUT2D eigenvalue weighted by molar-refractivity contribution is 6.03. The van der Waals surface area contributed by atoms with Crippen LogP contribution in [-0.4, -0.2) is 29.4 Å². The number of fused-ring (bicyclic) bond motifs is 1. The molecule has 210 valence electrons. The van der Waals surface area contributed by atoms with Gasteiger partial charge in [-0.2, -0.15) is 0 Å². The van der Waals surface area contributed by atoms with Crippen LogP contribution in [0.1, 0.15) is 41.0 Å². The molecule has 1 N–H and O–H groups in total. The molecule has 0 spiro atoms. The number of aromatic nitrogens is 1. The van der Waals surface area contributed by atoms with E-state index in [2.05, 4.69) is 0 Å². The zero-order valence-corrected chi connectivity index (χ0v) is 23.2. The predicted octanol–water partition coefficient (Wildman–Crippen LogP) is 7.84. The third-order valence-corrected chi connectivity index (χ3v) is 7.21. The molecular weight excluding hydrogens is 524 g/mol. The third-order valence-electron chi connectivity index (χ3n) is 7.21. The largest absolute Gasteiger partial charge is 0.485 e. The third kappa shape index (κ3) is 5.58. The first-order valence-corrected chi connectivity index (χ1v) is 13.3. The fourth-order valence-electron chi connectivity index (χ4n) is 5.41. The minimum absolute atomic E-state index is 0.0745. The van der Waals surface area contributed by atoms with Crippen molar-refractivity contribution in [1.29, 1.82) is 0 Å². The number of carboxylic acids is 1. The van der Waals surface area contributed by atoms with Crippen LogP contribution in [-0.2, 0) is 23.3 Å². The van der Waals surface area contributed by atoms with E-state index in [4.69, 9.17) is 9.47 Å². The van der Waals surface area contributed by atoms with Crippen molar-refractivity contribution < 1.29 is 28.2 Å². The van der Waals surface area contributed by atoms with E-state index >= 15 is 4.39 Å². The Bertz CT molecular complexity index is 1690. The van der Waals surface area contributed by atoms with Crippen molar-refractivity contribution >= 4 is 16.9 Å². The van der Waals surface area contributed by atoms with Crippen LogP contribution in [0.4, 0.5) is 8.78 Å². The van der Waals surface area contributed by atoms with Crippen molar-refractivity contribution in [2.75, 3.05) is 13.7 Å². The molecule has 5 rings (SSSR count). The number of carboxylic acid groups (broad SMARTS) is 1. The lowest BCUT2D eigenvalue weighted by atomic mass is 9.84. The van der Waals surface area contributed by atoms with E-state index in [-0.39, 0.29) is 30.3 Å². The minimum Gasteiger partial charge on any atom is -0.485 e. The van der Waals surface area contributed by atoms with E-state index in [1.165, 1.54) is 24.3 Å². The van der Waals surface area contributed by atoms with E-state index in [0.29, 0.717) is 34.2 Å². The van der Waals surface area contributed by atoms with Crippen molar-refractivity contribution in [1.82, 2.24) is 4.57 Å². The second-order valence-electron chi connectivity index (χ2n) is 10.6. The topological polar surface area (TPSA) is 60.7 Å². The lowest BCUT2D eigenvalue weighted by Crippen LogP contribution is -2.28. The summed E-state index contributed by atoms with van der Waals surface area (Å²) in [5, 5.41) is 10.0. The summed E-state index contributed by atoms with van der Waals surface area (Å²) < 4.78 is 44.4. The second-order valence-corrected chi connectivity index (χ2v) is 10.6. The van der Waals surface area contributed by atoms with Gasteiger partial charge in [0.05, 0.1) is 29.6 Å². The molecule has 0 aliphatic rings. The normalized spacial score (nSPS) is 11.6. The Hall–Kier alpha value is -4.49. The molecule has 1 heterocycles. The van der Waals surface area contributed by atoms with E-state index in [1.807, 2.05) is 48.7 Å². The number of hydrogen-bond acceptors (Lipinski definition) is 3. The first-order chi connectivity index (χ1) is 19.7. The summed E-state index contributed by atoms with van der Waals surface area (Å²) in [7, 11) is 1.61. The molecule has 0 amide bonds. The Morgan fingerprint density at radius 3 is 2.22 bits per heavy atom. The Kier molecular flexibility index (Phi) is 7.90. The molecule has 41 heavy (non-hydrogen) atoms. The molecule has 4 aromatic carbocycles. The predicted molar refractivity (Wildman–Crippen MR) is 155 cm³/mol. The Morgan fingerprint density at radius 1 is 0.878 bits per heavy atom. The highest BCUT2D eigenvalue weighted by atomic mass is 19.1. The van der Waals surface area contributed by atoms with Crippen molar-refractivity contribution in [2.45, 2.75) is 32.4 Å². The van der Waals surface area contributed by atoms with Crippen LogP contribution >= 0.6 is 0 Å². The van der Waals surface area contributed by atoms with E-state index < -0.39 is 17.2 Å². The van der Waals surface area contributed by atoms with Gasteiger partial charge in [-0.1, -0.05) is 74.5 Å². The molecule has 0 saturated heterocycles. The lowest BCUT2D eigenvalue weighted by Gasteiger charge is -2.28. The molecule has 0 aliphatic carbocycles. The molecule has 0 unspecified atom stereocenters. The molecule has 0 atom stereocenters. The smallest absolute Gasteiger partial charge is 0.335 e. The Balaban J connectivity index is 1.83. The standard InChI is InChI=1S/C34H31F2NO4/c1-34(2,21-40-3)32-29(23-13-15-24(16-14-23)33(38)39)30-28(37(32)19-25-11-7-8-12-26(25)35)18-17-27(36)31(30)41-20-22-9-5-4-6-10-22/h4-18H,19-21H2,1-3H3,(H,38,39). The number of hydrogen-bond donors (Lipinski definition) is 1. The second kappa shape index (κ2) is 11.6. The Labute approximate surface area is 237 Å². The van der Waals surface area contributed by atoms with Crippen LogP contribution < -0.4 is 4.74 Å². The molecule has 7 heteroatoms. The van der Waals surface area contributed by atoms with Crippen molar-refractivity contribution in [3.8, 4) is 16.9 Å². The summed E-state index contributed by atoms with van der Waals surface area (Å²) in [6, 6.07) is 25.6. The van der Waals surface area contributed by atoms with Gasteiger partial charge in [-0.3, -0.25) is 0 Å². The van der Waals surface area contributed by atoms with Gasteiger partial charge in [0.1, 0.15) is 12.4 Å². The minimum atomic E-state index is -1.05. The number of aromatic carboxylic acids is 1. The number of ether oxygens (including phenoxy) is 2. The van der Waals surface area contributed by atoms with Gasteiger partial charge in [-0.25, -0.2) is 13.6 Å². The fourth-order valence-corrected chi connectivity index (χ4v) is 5.41. The average Bonchev–Trinajstić information content (AvgIpc) is 3.29. The molecule has 5 nitrogen and oxygen atoms in total. The molecular formula is C34H31F2NO4. The lowest BCUT2D eigenvalue weighted by molar-refractivity contribution is 0.0697. The van der Waals surface area contributed by atoms with Gasteiger partial charge in [-0.05, 0) is 41.5 Å². The van der Waals surface area contributed by atoms with Gasteiger partial charge in [-0.15, -0.1) is 0 Å². The van der Waals surface area contributed by atoms with Gasteiger partial charge in [0.15, 0.2) is 11.6 Å². The molecule has 0 radical (unpaired) electrons. The van der Waals surface area contributed by atoms with Gasteiger partial charge in [0, 0.05) is 29.3 Å². The van der Waals surface area contributed by atoms with E-state index in [1.54, 1.807) is 43.5 Å². The molecule has 1 aromatic heterocycles. The zero-order valence-electron chi connectivity index (χ0n) is 23.2. The van der Waals surface area contributed by atoms with E-state index in [9.17, 15) is 14.3 Å². The summed E-state index contributed by atoms with van der Waals surface area (Å²) in [4.78, 5) is 11.6. The number of methoxy groups -OCH3 is 1. The van der Waals surface area contributed by atoms with Crippen LogP contribution in [0.5, 0.6) is 5.75 Å². The first-order valence-electron chi connectivity index (χ1n) is 13.3. The molecule has 5 aromatic rings. The van der Waals surface area contributed by atoms with Crippen LogP contribution in [0, 0.1) is 11.6 Å². The molecule has 0 fully saturated rings. The number of benzene rings is 4. The summed E-state index contributed by atoms with van der Waals surface area (Å²) in [6.45, 7) is 4.67. The fraction of sp³-hybridized carbons (Fsp3) is 0.206. The van der Waals surface area contributed by atoms with Crippen molar-refractivity contribution in [3.63, 3.8) is 0 Å². The number of carbonyl (C=O) groups is 1. The maximum Gasteiger partial charge on any atom is 0.335 e. The number of halogens is 2. The monoisotopic (exact) mass is 555 g/mol. The van der Waals surface area contributed by atoms with Gasteiger partial charge in [0.2, 0.25) is 0 Å². The van der Waals surface area contributed by atoms with E-state index in [0.717, 1.165) is 11.3 Å². The van der Waals surface area contributed by atoms with Crippen LogP contribution in [0.2, 0.25) is 0 Å². The molecule has 0 bridgehead atoms. The average molecular weight is 556 g/mol. The van der Waals surface area contributed by atoms with Gasteiger partial charge in [0.25, 0.3) is 0 Å². The zero-order chi connectivity index (χ0) is 29.1. The van der Waals surface area contributed by atoms with Gasteiger partial charge < -0.3 is 19.1 Å². The summed E-state index contributed by atoms with van der Waals surface area (Å²) >= 11 is 0. The molecule has 0 aliphatic heterocycles. The summed E-state index contributed by atoms with van der Waals surface area (Å²) in [5.41, 5.74) is 3.68. The molecule has 0 saturated carbocycles. The highest BCUT2D eigenvalue weighted by Gasteiger charge is 2.33.